The number of amides is 1. The van der Waals surface area contributed by atoms with Crippen molar-refractivity contribution in [1.29, 1.82) is 0 Å². The molecule has 5 heteroatoms. The highest BCUT2D eigenvalue weighted by molar-refractivity contribution is 5.99. The van der Waals surface area contributed by atoms with E-state index in [0.717, 1.165) is 27.8 Å². The molecule has 2 N–H and O–H groups in total. The Morgan fingerprint density at radius 1 is 1.22 bits per heavy atom. The lowest BCUT2D eigenvalue weighted by Gasteiger charge is -2.02. The van der Waals surface area contributed by atoms with Gasteiger partial charge in [-0.25, -0.2) is 5.43 Å². The first kappa shape index (κ1) is 14.8. The van der Waals surface area contributed by atoms with E-state index in [1.54, 1.807) is 13.3 Å². The number of aromatic nitrogens is 1. The van der Waals surface area contributed by atoms with Crippen molar-refractivity contribution >= 4 is 23.0 Å². The largest absolute Gasteiger partial charge is 0.497 e. The number of para-hydroxylation sites is 1. The van der Waals surface area contributed by atoms with Crippen LogP contribution in [0.1, 0.15) is 11.1 Å². The third-order valence-corrected chi connectivity index (χ3v) is 3.54. The molecule has 0 atom stereocenters. The monoisotopic (exact) mass is 307 g/mol. The first-order valence-corrected chi connectivity index (χ1v) is 7.27. The van der Waals surface area contributed by atoms with Crippen molar-refractivity contribution in [2.24, 2.45) is 5.10 Å². The van der Waals surface area contributed by atoms with Crippen LogP contribution in [0.25, 0.3) is 10.9 Å². The molecule has 1 heterocycles. The van der Waals surface area contributed by atoms with Crippen LogP contribution in [0.2, 0.25) is 0 Å². The number of aromatic amines is 1. The molecule has 3 aromatic rings. The van der Waals surface area contributed by atoms with Crippen molar-refractivity contribution < 1.29 is 9.53 Å². The second-order valence-electron chi connectivity index (χ2n) is 5.11. The van der Waals surface area contributed by atoms with Crippen LogP contribution in [-0.4, -0.2) is 24.2 Å². The highest BCUT2D eigenvalue weighted by Gasteiger charge is 2.03. The molecule has 23 heavy (non-hydrogen) atoms. The number of nitrogens with one attached hydrogen (secondary N) is 2. The van der Waals surface area contributed by atoms with Crippen molar-refractivity contribution in [3.8, 4) is 5.75 Å². The maximum Gasteiger partial charge on any atom is 0.244 e. The molecule has 0 aliphatic heterocycles. The zero-order chi connectivity index (χ0) is 16.1. The molecule has 0 unspecified atom stereocenters. The standard InChI is InChI=1S/C18H17N3O2/c1-23-15-8-6-13(7-9-15)10-18(22)21-20-12-14-11-19-17-5-3-2-4-16(14)17/h2-9,11-12,19H,10H2,1H3,(H,21,22). The SMILES string of the molecule is COc1ccc(CC(=O)NN=Cc2c[nH]c3ccccc23)cc1. The van der Waals surface area contributed by atoms with Gasteiger partial charge >= 0.3 is 0 Å². The Bertz CT molecular complexity index is 835. The fourth-order valence-electron chi connectivity index (χ4n) is 2.34. The Morgan fingerprint density at radius 2 is 2.00 bits per heavy atom. The number of carbonyl (C=O) groups is 1. The molecular weight excluding hydrogens is 290 g/mol. The predicted molar refractivity (Wildman–Crippen MR) is 90.7 cm³/mol. The minimum atomic E-state index is -0.161. The minimum absolute atomic E-state index is 0.161. The van der Waals surface area contributed by atoms with Gasteiger partial charge in [0.1, 0.15) is 5.75 Å². The molecule has 0 saturated heterocycles. The number of methoxy groups -OCH3 is 1. The summed E-state index contributed by atoms with van der Waals surface area (Å²) >= 11 is 0. The third kappa shape index (κ3) is 3.58. The number of hydrazone groups is 1. The Kier molecular flexibility index (Phi) is 4.38. The molecule has 1 aromatic heterocycles. The number of hydrogen-bond acceptors (Lipinski definition) is 3. The van der Waals surface area contributed by atoms with Gasteiger partial charge in [0.15, 0.2) is 0 Å². The molecular formula is C18H17N3O2. The summed E-state index contributed by atoms with van der Waals surface area (Å²) in [5.41, 5.74) is 5.43. The van der Waals surface area contributed by atoms with Gasteiger partial charge in [0.25, 0.3) is 0 Å². The summed E-state index contributed by atoms with van der Waals surface area (Å²) in [6.07, 6.45) is 3.78. The first-order chi connectivity index (χ1) is 11.3. The lowest BCUT2D eigenvalue weighted by Crippen LogP contribution is -2.19. The fourth-order valence-corrected chi connectivity index (χ4v) is 2.34. The molecule has 0 saturated carbocycles. The number of H-pyrrole nitrogens is 1. The molecule has 0 radical (unpaired) electrons. The average Bonchev–Trinajstić information content (AvgIpc) is 2.99. The number of carbonyl (C=O) groups excluding carboxylic acids is 1. The Labute approximate surface area is 134 Å². The highest BCUT2D eigenvalue weighted by Crippen LogP contribution is 2.15. The van der Waals surface area contributed by atoms with E-state index in [1.165, 1.54) is 0 Å². The topological polar surface area (TPSA) is 66.5 Å². The van der Waals surface area contributed by atoms with Crippen molar-refractivity contribution in [1.82, 2.24) is 10.4 Å². The normalized spacial score (nSPS) is 11.0. The van der Waals surface area contributed by atoms with E-state index in [9.17, 15) is 4.79 Å². The highest BCUT2D eigenvalue weighted by atomic mass is 16.5. The lowest BCUT2D eigenvalue weighted by atomic mass is 10.1. The summed E-state index contributed by atoms with van der Waals surface area (Å²) in [5, 5.41) is 5.09. The molecule has 116 valence electrons. The van der Waals surface area contributed by atoms with E-state index in [0.29, 0.717) is 0 Å². The van der Waals surface area contributed by atoms with Gasteiger partial charge < -0.3 is 9.72 Å². The summed E-state index contributed by atoms with van der Waals surface area (Å²) in [5.74, 6) is 0.609. The number of benzene rings is 2. The fraction of sp³-hybridized carbons (Fsp3) is 0.111. The summed E-state index contributed by atoms with van der Waals surface area (Å²) < 4.78 is 5.09. The smallest absolute Gasteiger partial charge is 0.244 e. The van der Waals surface area contributed by atoms with Crippen LogP contribution in [0.4, 0.5) is 0 Å². The first-order valence-electron chi connectivity index (χ1n) is 7.27. The van der Waals surface area contributed by atoms with E-state index < -0.39 is 0 Å². The van der Waals surface area contributed by atoms with Gasteiger partial charge in [-0.05, 0) is 23.8 Å². The van der Waals surface area contributed by atoms with Crippen LogP contribution in [0.3, 0.4) is 0 Å². The molecule has 1 amide bonds. The van der Waals surface area contributed by atoms with Crippen LogP contribution in [0.5, 0.6) is 5.75 Å². The van der Waals surface area contributed by atoms with Crippen LogP contribution in [-0.2, 0) is 11.2 Å². The Balaban J connectivity index is 1.59. The maximum absolute atomic E-state index is 11.9. The number of ether oxygens (including phenoxy) is 1. The second-order valence-corrected chi connectivity index (χ2v) is 5.11. The summed E-state index contributed by atoms with van der Waals surface area (Å²) in [6.45, 7) is 0. The molecule has 5 nitrogen and oxygen atoms in total. The van der Waals surface area contributed by atoms with Gasteiger partial charge in [0, 0.05) is 22.7 Å². The van der Waals surface area contributed by atoms with Gasteiger partial charge in [0.05, 0.1) is 19.7 Å². The minimum Gasteiger partial charge on any atom is -0.497 e. The lowest BCUT2D eigenvalue weighted by molar-refractivity contribution is -0.120. The zero-order valence-corrected chi connectivity index (χ0v) is 12.7. The van der Waals surface area contributed by atoms with Crippen LogP contribution < -0.4 is 10.2 Å². The molecule has 0 bridgehead atoms. The molecule has 0 fully saturated rings. The van der Waals surface area contributed by atoms with Crippen molar-refractivity contribution in [2.75, 3.05) is 7.11 Å². The summed E-state index contributed by atoms with van der Waals surface area (Å²) in [7, 11) is 1.61. The van der Waals surface area contributed by atoms with Crippen molar-refractivity contribution in [3.63, 3.8) is 0 Å². The Morgan fingerprint density at radius 3 is 2.78 bits per heavy atom. The van der Waals surface area contributed by atoms with E-state index in [-0.39, 0.29) is 12.3 Å². The van der Waals surface area contributed by atoms with Crippen molar-refractivity contribution in [3.05, 3.63) is 65.9 Å². The Hall–Kier alpha value is -3.08. The third-order valence-electron chi connectivity index (χ3n) is 3.54. The molecule has 0 spiro atoms. The number of rotatable bonds is 5. The molecule has 2 aromatic carbocycles. The van der Waals surface area contributed by atoms with Gasteiger partial charge in [-0.2, -0.15) is 5.10 Å². The zero-order valence-electron chi connectivity index (χ0n) is 12.7. The van der Waals surface area contributed by atoms with Crippen LogP contribution >= 0.6 is 0 Å². The maximum atomic E-state index is 11.9. The van der Waals surface area contributed by atoms with E-state index in [1.807, 2.05) is 54.7 Å². The van der Waals surface area contributed by atoms with Crippen molar-refractivity contribution in [2.45, 2.75) is 6.42 Å². The van der Waals surface area contributed by atoms with Crippen LogP contribution in [0.15, 0.2) is 59.8 Å². The molecule has 3 rings (SSSR count). The average molecular weight is 307 g/mol. The summed E-state index contributed by atoms with van der Waals surface area (Å²) in [6, 6.07) is 15.3. The van der Waals surface area contributed by atoms with E-state index in [2.05, 4.69) is 15.5 Å². The number of fused-ring (bicyclic) bond motifs is 1. The molecule has 0 aliphatic rings. The van der Waals surface area contributed by atoms with Gasteiger partial charge in [-0.1, -0.05) is 30.3 Å². The van der Waals surface area contributed by atoms with E-state index in [4.69, 9.17) is 4.74 Å². The number of hydrogen-bond donors (Lipinski definition) is 2. The van der Waals surface area contributed by atoms with Crippen LogP contribution in [0, 0.1) is 0 Å². The predicted octanol–water partition coefficient (Wildman–Crippen LogP) is 2.87. The van der Waals surface area contributed by atoms with Gasteiger partial charge in [-0.3, -0.25) is 4.79 Å². The number of nitrogens with zero attached hydrogens (tertiary/aromatic N) is 1. The van der Waals surface area contributed by atoms with Gasteiger partial charge in [0.2, 0.25) is 5.91 Å². The quantitative estimate of drug-likeness (QED) is 0.562. The summed E-state index contributed by atoms with van der Waals surface area (Å²) in [4.78, 5) is 15.1. The van der Waals surface area contributed by atoms with Gasteiger partial charge in [-0.15, -0.1) is 0 Å². The van der Waals surface area contributed by atoms with E-state index >= 15 is 0 Å². The second kappa shape index (κ2) is 6.79. The molecule has 0 aliphatic carbocycles.